The van der Waals surface area contributed by atoms with Crippen molar-refractivity contribution in [1.82, 2.24) is 14.5 Å². The predicted molar refractivity (Wildman–Crippen MR) is 97.2 cm³/mol. The monoisotopic (exact) mass is 364 g/mol. The molecule has 0 spiro atoms. The zero-order chi connectivity index (χ0) is 18.6. The SMILES string of the molecule is CCCN(Cc1nccn1C)C(=O)Nc1cc(S(C)(=O)=O)ccc1C. The first kappa shape index (κ1) is 19.0. The Balaban J connectivity index is 2.22. The normalized spacial score (nSPS) is 11.4. The van der Waals surface area contributed by atoms with E-state index >= 15 is 0 Å². The number of aromatic nitrogens is 2. The molecule has 0 aliphatic heterocycles. The highest BCUT2D eigenvalue weighted by Gasteiger charge is 2.17. The van der Waals surface area contributed by atoms with Crippen LogP contribution in [0.5, 0.6) is 0 Å². The van der Waals surface area contributed by atoms with Crippen molar-refractivity contribution in [3.63, 3.8) is 0 Å². The molecule has 0 saturated heterocycles. The standard InChI is InChI=1S/C17H24N4O3S/c1-5-9-21(12-16-18-8-10-20(16)3)17(22)19-15-11-14(25(4,23)24)7-6-13(15)2/h6-8,10-11H,5,9,12H2,1-4H3,(H,19,22). The van der Waals surface area contributed by atoms with Crippen molar-refractivity contribution < 1.29 is 13.2 Å². The van der Waals surface area contributed by atoms with Crippen LogP contribution in [0.3, 0.4) is 0 Å². The molecule has 2 amide bonds. The van der Waals surface area contributed by atoms with Gasteiger partial charge in [0.2, 0.25) is 0 Å². The maximum atomic E-state index is 12.7. The average molecular weight is 364 g/mol. The van der Waals surface area contributed by atoms with Crippen LogP contribution in [0.15, 0.2) is 35.5 Å². The topological polar surface area (TPSA) is 84.3 Å². The third-order valence-corrected chi connectivity index (χ3v) is 5.02. The van der Waals surface area contributed by atoms with Gasteiger partial charge < -0.3 is 14.8 Å². The summed E-state index contributed by atoms with van der Waals surface area (Å²) in [5, 5.41) is 2.83. The molecule has 0 atom stereocenters. The third kappa shape index (κ3) is 4.82. The van der Waals surface area contributed by atoms with Crippen LogP contribution >= 0.6 is 0 Å². The number of hydrogen-bond donors (Lipinski definition) is 1. The van der Waals surface area contributed by atoms with E-state index in [1.165, 1.54) is 12.1 Å². The second-order valence-electron chi connectivity index (χ2n) is 6.05. The molecule has 1 heterocycles. The Morgan fingerprint density at radius 2 is 2.08 bits per heavy atom. The molecule has 7 nitrogen and oxygen atoms in total. The summed E-state index contributed by atoms with van der Waals surface area (Å²) in [4.78, 5) is 18.8. The summed E-state index contributed by atoms with van der Waals surface area (Å²) in [7, 11) is -1.45. The van der Waals surface area contributed by atoms with Crippen LogP contribution < -0.4 is 5.32 Å². The van der Waals surface area contributed by atoms with Crippen molar-refractivity contribution in [2.24, 2.45) is 7.05 Å². The quantitative estimate of drug-likeness (QED) is 0.854. The number of aryl methyl sites for hydroxylation is 2. The van der Waals surface area contributed by atoms with Crippen LogP contribution in [0, 0.1) is 6.92 Å². The molecule has 0 saturated carbocycles. The number of imidazole rings is 1. The van der Waals surface area contributed by atoms with E-state index in [0.29, 0.717) is 18.8 Å². The van der Waals surface area contributed by atoms with E-state index in [2.05, 4.69) is 10.3 Å². The number of hydrogen-bond acceptors (Lipinski definition) is 4. The molecular weight excluding hydrogens is 340 g/mol. The molecule has 0 aliphatic carbocycles. The molecule has 0 radical (unpaired) electrons. The van der Waals surface area contributed by atoms with Gasteiger partial charge in [-0.15, -0.1) is 0 Å². The number of carbonyl (C=O) groups is 1. The molecule has 1 aromatic heterocycles. The average Bonchev–Trinajstić information content (AvgIpc) is 2.93. The summed E-state index contributed by atoms with van der Waals surface area (Å²) in [6.07, 6.45) is 5.47. The van der Waals surface area contributed by atoms with E-state index in [9.17, 15) is 13.2 Å². The molecule has 2 rings (SSSR count). The number of nitrogens with one attached hydrogen (secondary N) is 1. The van der Waals surface area contributed by atoms with E-state index in [4.69, 9.17) is 0 Å². The van der Waals surface area contributed by atoms with Crippen LogP contribution in [0.25, 0.3) is 0 Å². The van der Waals surface area contributed by atoms with E-state index in [-0.39, 0.29) is 10.9 Å². The number of rotatable bonds is 6. The lowest BCUT2D eigenvalue weighted by Gasteiger charge is -2.23. The fourth-order valence-electron chi connectivity index (χ4n) is 2.40. The van der Waals surface area contributed by atoms with Gasteiger partial charge in [-0.1, -0.05) is 13.0 Å². The molecule has 0 aliphatic rings. The molecule has 8 heteroatoms. The van der Waals surface area contributed by atoms with Crippen molar-refractivity contribution in [1.29, 1.82) is 0 Å². The van der Waals surface area contributed by atoms with Crippen LogP contribution in [-0.4, -0.2) is 41.7 Å². The fraction of sp³-hybridized carbons (Fsp3) is 0.412. The van der Waals surface area contributed by atoms with Crippen molar-refractivity contribution in [2.75, 3.05) is 18.1 Å². The first-order valence-electron chi connectivity index (χ1n) is 8.05. The predicted octanol–water partition coefficient (Wildman–Crippen LogP) is 2.58. The summed E-state index contributed by atoms with van der Waals surface area (Å²) in [6.45, 7) is 4.77. The van der Waals surface area contributed by atoms with Gasteiger partial charge in [0.05, 0.1) is 11.4 Å². The van der Waals surface area contributed by atoms with Gasteiger partial charge in [-0.3, -0.25) is 0 Å². The van der Waals surface area contributed by atoms with Gasteiger partial charge in [-0.05, 0) is 31.0 Å². The Hall–Kier alpha value is -2.35. The van der Waals surface area contributed by atoms with E-state index in [0.717, 1.165) is 24.1 Å². The zero-order valence-electron chi connectivity index (χ0n) is 15.0. The molecule has 136 valence electrons. The van der Waals surface area contributed by atoms with Gasteiger partial charge in [0.1, 0.15) is 5.82 Å². The number of anilines is 1. The molecule has 1 aromatic carbocycles. The van der Waals surface area contributed by atoms with Crippen molar-refractivity contribution >= 4 is 21.6 Å². The minimum Gasteiger partial charge on any atom is -0.337 e. The molecule has 25 heavy (non-hydrogen) atoms. The number of benzene rings is 1. The molecule has 0 fully saturated rings. The van der Waals surface area contributed by atoms with Gasteiger partial charge in [0.15, 0.2) is 9.84 Å². The Kier molecular flexibility index (Phi) is 5.84. The van der Waals surface area contributed by atoms with Gasteiger partial charge in [-0.2, -0.15) is 0 Å². The number of amides is 2. The maximum Gasteiger partial charge on any atom is 0.322 e. The number of carbonyl (C=O) groups excluding carboxylic acids is 1. The first-order valence-corrected chi connectivity index (χ1v) is 9.94. The number of sulfone groups is 1. The maximum absolute atomic E-state index is 12.7. The van der Waals surface area contributed by atoms with Crippen LogP contribution in [0.4, 0.5) is 10.5 Å². The van der Waals surface area contributed by atoms with Gasteiger partial charge in [0, 0.05) is 37.9 Å². The van der Waals surface area contributed by atoms with Crippen LogP contribution in [-0.2, 0) is 23.4 Å². The Labute approximate surface area is 148 Å². The summed E-state index contributed by atoms with van der Waals surface area (Å²) >= 11 is 0. The largest absolute Gasteiger partial charge is 0.337 e. The number of urea groups is 1. The highest BCUT2D eigenvalue weighted by Crippen LogP contribution is 2.21. The summed E-state index contributed by atoms with van der Waals surface area (Å²) in [5.74, 6) is 0.783. The zero-order valence-corrected chi connectivity index (χ0v) is 15.8. The van der Waals surface area contributed by atoms with E-state index < -0.39 is 9.84 Å². The Bertz CT molecular complexity index is 859. The molecular formula is C17H24N4O3S. The van der Waals surface area contributed by atoms with Crippen LogP contribution in [0.1, 0.15) is 24.7 Å². The minimum atomic E-state index is -3.33. The second-order valence-corrected chi connectivity index (χ2v) is 8.07. The summed E-state index contributed by atoms with van der Waals surface area (Å²) in [5.41, 5.74) is 1.29. The van der Waals surface area contributed by atoms with Gasteiger partial charge in [-0.25, -0.2) is 18.2 Å². The van der Waals surface area contributed by atoms with Crippen molar-refractivity contribution in [3.05, 3.63) is 42.0 Å². The smallest absolute Gasteiger partial charge is 0.322 e. The highest BCUT2D eigenvalue weighted by atomic mass is 32.2. The minimum absolute atomic E-state index is 0.180. The van der Waals surface area contributed by atoms with Crippen molar-refractivity contribution in [3.8, 4) is 0 Å². The molecule has 2 aromatic rings. The van der Waals surface area contributed by atoms with Crippen LogP contribution in [0.2, 0.25) is 0 Å². The van der Waals surface area contributed by atoms with Gasteiger partial charge >= 0.3 is 6.03 Å². The second kappa shape index (κ2) is 7.69. The highest BCUT2D eigenvalue weighted by molar-refractivity contribution is 7.90. The molecule has 1 N–H and O–H groups in total. The van der Waals surface area contributed by atoms with Crippen molar-refractivity contribution in [2.45, 2.75) is 31.7 Å². The lowest BCUT2D eigenvalue weighted by molar-refractivity contribution is 0.207. The lowest BCUT2D eigenvalue weighted by Crippen LogP contribution is -2.36. The summed E-state index contributed by atoms with van der Waals surface area (Å²) in [6, 6.07) is 4.44. The molecule has 0 bridgehead atoms. The summed E-state index contributed by atoms with van der Waals surface area (Å²) < 4.78 is 25.3. The van der Waals surface area contributed by atoms with Gasteiger partial charge in [0.25, 0.3) is 0 Å². The lowest BCUT2D eigenvalue weighted by atomic mass is 10.2. The van der Waals surface area contributed by atoms with E-state index in [1.807, 2.05) is 31.7 Å². The molecule has 0 unspecified atom stereocenters. The fourth-order valence-corrected chi connectivity index (χ4v) is 3.05. The number of nitrogens with zero attached hydrogens (tertiary/aromatic N) is 3. The Morgan fingerprint density at radius 3 is 2.64 bits per heavy atom. The van der Waals surface area contributed by atoms with E-state index in [1.54, 1.807) is 17.2 Å². The Morgan fingerprint density at radius 1 is 1.36 bits per heavy atom. The third-order valence-electron chi connectivity index (χ3n) is 3.91. The first-order chi connectivity index (χ1) is 11.7.